The first kappa shape index (κ1) is 14.2. The lowest BCUT2D eigenvalue weighted by Gasteiger charge is -2.07. The monoisotopic (exact) mass is 292 g/mol. The van der Waals surface area contributed by atoms with Gasteiger partial charge >= 0.3 is 0 Å². The summed E-state index contributed by atoms with van der Waals surface area (Å²) in [4.78, 5) is 21.1. The first-order valence-electron chi connectivity index (χ1n) is 7.06. The number of fused-ring (bicyclic) bond motifs is 1. The summed E-state index contributed by atoms with van der Waals surface area (Å²) in [7, 11) is 1.62. The molecule has 0 aliphatic rings. The molecule has 2 aromatic heterocycles. The average molecular weight is 292 g/mol. The van der Waals surface area contributed by atoms with Gasteiger partial charge in [-0.1, -0.05) is 6.07 Å². The van der Waals surface area contributed by atoms with E-state index in [0.717, 1.165) is 27.9 Å². The molecule has 0 saturated carbocycles. The number of nitrogens with zero attached hydrogens (tertiary/aromatic N) is 2. The van der Waals surface area contributed by atoms with Crippen LogP contribution in [-0.2, 0) is 6.42 Å². The minimum absolute atomic E-state index is 0.00650. The fourth-order valence-corrected chi connectivity index (χ4v) is 2.43. The molecule has 3 aromatic rings. The Kier molecular flexibility index (Phi) is 3.83. The molecule has 0 fully saturated rings. The Balaban J connectivity index is 1.95. The third kappa shape index (κ3) is 2.81. The van der Waals surface area contributed by atoms with Crippen LogP contribution in [0.1, 0.15) is 21.7 Å². The quantitative estimate of drug-likeness (QED) is 0.692. The van der Waals surface area contributed by atoms with Crippen LogP contribution in [0.4, 0.5) is 0 Å². The van der Waals surface area contributed by atoms with Crippen molar-refractivity contribution in [1.29, 1.82) is 0 Å². The Morgan fingerprint density at radius 2 is 2.05 bits per heavy atom. The topological polar surface area (TPSA) is 52.1 Å². The van der Waals surface area contributed by atoms with Crippen LogP contribution >= 0.6 is 0 Å². The summed E-state index contributed by atoms with van der Waals surface area (Å²) in [6.07, 6.45) is 2.02. The highest BCUT2D eigenvalue weighted by Gasteiger charge is 2.11. The summed E-state index contributed by atoms with van der Waals surface area (Å²) in [5.74, 6) is 0.760. The largest absolute Gasteiger partial charge is 0.497 e. The van der Waals surface area contributed by atoms with Gasteiger partial charge < -0.3 is 4.74 Å². The standard InChI is InChI=1S/C18H16N2O2/c1-12-4-3-5-16(20-12)18(21)10-13-8-9-19-17-11-14(22-2)6-7-15(13)17/h3-9,11H,10H2,1-2H3. The van der Waals surface area contributed by atoms with E-state index < -0.39 is 0 Å². The summed E-state index contributed by atoms with van der Waals surface area (Å²) in [5, 5.41) is 0.962. The normalized spacial score (nSPS) is 10.6. The molecule has 4 heteroatoms. The SMILES string of the molecule is COc1ccc2c(CC(=O)c3cccc(C)n3)ccnc2c1. The van der Waals surface area contributed by atoms with Crippen LogP contribution < -0.4 is 4.74 Å². The van der Waals surface area contributed by atoms with Crippen LogP contribution in [0.5, 0.6) is 5.75 Å². The molecule has 0 N–H and O–H groups in total. The van der Waals surface area contributed by atoms with Gasteiger partial charge in [0.05, 0.1) is 12.6 Å². The van der Waals surface area contributed by atoms with Gasteiger partial charge in [-0.3, -0.25) is 14.8 Å². The van der Waals surface area contributed by atoms with Crippen molar-refractivity contribution in [1.82, 2.24) is 9.97 Å². The van der Waals surface area contributed by atoms with E-state index in [0.29, 0.717) is 12.1 Å². The van der Waals surface area contributed by atoms with Crippen LogP contribution in [0.3, 0.4) is 0 Å². The fraction of sp³-hybridized carbons (Fsp3) is 0.167. The third-order valence-corrected chi connectivity index (χ3v) is 3.57. The molecule has 0 saturated heterocycles. The fourth-order valence-electron chi connectivity index (χ4n) is 2.43. The number of rotatable bonds is 4. The maximum absolute atomic E-state index is 12.4. The lowest BCUT2D eigenvalue weighted by atomic mass is 10.0. The van der Waals surface area contributed by atoms with Gasteiger partial charge in [-0.05, 0) is 42.8 Å². The van der Waals surface area contributed by atoms with Crippen LogP contribution in [0.25, 0.3) is 10.9 Å². The van der Waals surface area contributed by atoms with Crippen LogP contribution in [0.2, 0.25) is 0 Å². The highest BCUT2D eigenvalue weighted by atomic mass is 16.5. The lowest BCUT2D eigenvalue weighted by molar-refractivity contribution is 0.0988. The zero-order valence-electron chi connectivity index (χ0n) is 12.5. The summed E-state index contributed by atoms with van der Waals surface area (Å²) < 4.78 is 5.21. The minimum atomic E-state index is 0.00650. The summed E-state index contributed by atoms with van der Waals surface area (Å²) >= 11 is 0. The highest BCUT2D eigenvalue weighted by Crippen LogP contribution is 2.23. The van der Waals surface area contributed by atoms with Crippen molar-refractivity contribution in [3.8, 4) is 5.75 Å². The van der Waals surface area contributed by atoms with E-state index in [-0.39, 0.29) is 5.78 Å². The van der Waals surface area contributed by atoms with Crippen molar-refractivity contribution >= 4 is 16.7 Å². The third-order valence-electron chi connectivity index (χ3n) is 3.57. The molecule has 110 valence electrons. The number of Topliss-reactive ketones (excluding diaryl/α,β-unsaturated/α-hetero) is 1. The molecule has 0 aliphatic heterocycles. The number of aryl methyl sites for hydroxylation is 1. The molecule has 0 unspecified atom stereocenters. The number of methoxy groups -OCH3 is 1. The Labute approximate surface area is 128 Å². The smallest absolute Gasteiger partial charge is 0.185 e. The van der Waals surface area contributed by atoms with E-state index in [1.165, 1.54) is 0 Å². The molecule has 0 aliphatic carbocycles. The van der Waals surface area contributed by atoms with E-state index in [9.17, 15) is 4.79 Å². The van der Waals surface area contributed by atoms with E-state index in [2.05, 4.69) is 9.97 Å². The van der Waals surface area contributed by atoms with Gasteiger partial charge in [0, 0.05) is 29.8 Å². The van der Waals surface area contributed by atoms with Crippen molar-refractivity contribution in [2.45, 2.75) is 13.3 Å². The molecule has 1 aromatic carbocycles. The van der Waals surface area contributed by atoms with Crippen molar-refractivity contribution in [3.63, 3.8) is 0 Å². The maximum Gasteiger partial charge on any atom is 0.185 e. The molecule has 3 rings (SSSR count). The number of carbonyl (C=O) groups is 1. The van der Waals surface area contributed by atoms with Crippen molar-refractivity contribution in [3.05, 3.63) is 65.6 Å². The van der Waals surface area contributed by atoms with E-state index in [1.54, 1.807) is 19.4 Å². The molecule has 4 nitrogen and oxygen atoms in total. The van der Waals surface area contributed by atoms with Gasteiger partial charge in [-0.25, -0.2) is 0 Å². The van der Waals surface area contributed by atoms with E-state index in [1.807, 2.05) is 43.3 Å². The van der Waals surface area contributed by atoms with E-state index in [4.69, 9.17) is 4.74 Å². The molecular formula is C18H16N2O2. The number of pyridine rings is 2. The number of aromatic nitrogens is 2. The summed E-state index contributed by atoms with van der Waals surface area (Å²) in [6, 6.07) is 13.0. The van der Waals surface area contributed by atoms with Crippen molar-refractivity contribution in [2.24, 2.45) is 0 Å². The Bertz CT molecular complexity index is 843. The number of carbonyl (C=O) groups excluding carboxylic acids is 1. The molecule has 0 spiro atoms. The van der Waals surface area contributed by atoms with Crippen molar-refractivity contribution in [2.75, 3.05) is 7.11 Å². The van der Waals surface area contributed by atoms with Crippen LogP contribution in [-0.4, -0.2) is 22.9 Å². The molecule has 22 heavy (non-hydrogen) atoms. The number of hydrogen-bond acceptors (Lipinski definition) is 4. The second-order valence-electron chi connectivity index (χ2n) is 5.12. The predicted molar refractivity (Wildman–Crippen MR) is 85.3 cm³/mol. The van der Waals surface area contributed by atoms with Gasteiger partial charge in [0.25, 0.3) is 0 Å². The maximum atomic E-state index is 12.4. The number of hydrogen-bond donors (Lipinski definition) is 0. The Hall–Kier alpha value is -2.75. The first-order chi connectivity index (χ1) is 10.7. The van der Waals surface area contributed by atoms with E-state index >= 15 is 0 Å². The van der Waals surface area contributed by atoms with Gasteiger partial charge in [0.15, 0.2) is 5.78 Å². The number of ketones is 1. The Morgan fingerprint density at radius 3 is 2.82 bits per heavy atom. The molecular weight excluding hydrogens is 276 g/mol. The second-order valence-corrected chi connectivity index (χ2v) is 5.12. The zero-order chi connectivity index (χ0) is 15.5. The van der Waals surface area contributed by atoms with Crippen molar-refractivity contribution < 1.29 is 9.53 Å². The molecule has 0 bridgehead atoms. The highest BCUT2D eigenvalue weighted by molar-refractivity contribution is 5.98. The number of ether oxygens (including phenoxy) is 1. The molecule has 2 heterocycles. The predicted octanol–water partition coefficient (Wildman–Crippen LogP) is 3.37. The average Bonchev–Trinajstić information content (AvgIpc) is 2.54. The lowest BCUT2D eigenvalue weighted by Crippen LogP contribution is -2.07. The van der Waals surface area contributed by atoms with Gasteiger partial charge in [0.2, 0.25) is 0 Å². The molecule has 0 amide bonds. The first-order valence-corrected chi connectivity index (χ1v) is 7.06. The van der Waals surface area contributed by atoms with Crippen LogP contribution in [0, 0.1) is 6.92 Å². The number of benzene rings is 1. The Morgan fingerprint density at radius 1 is 1.18 bits per heavy atom. The summed E-state index contributed by atoms with van der Waals surface area (Å²) in [5.41, 5.74) is 3.11. The second kappa shape index (κ2) is 5.93. The molecule has 0 atom stereocenters. The molecule has 0 radical (unpaired) electrons. The minimum Gasteiger partial charge on any atom is -0.497 e. The van der Waals surface area contributed by atoms with Gasteiger partial charge in [-0.15, -0.1) is 0 Å². The van der Waals surface area contributed by atoms with Crippen LogP contribution in [0.15, 0.2) is 48.7 Å². The zero-order valence-corrected chi connectivity index (χ0v) is 12.5. The summed E-state index contributed by atoms with van der Waals surface area (Å²) in [6.45, 7) is 1.88. The van der Waals surface area contributed by atoms with Gasteiger partial charge in [-0.2, -0.15) is 0 Å². The van der Waals surface area contributed by atoms with Gasteiger partial charge in [0.1, 0.15) is 11.4 Å².